The van der Waals surface area contributed by atoms with Gasteiger partial charge in [-0.15, -0.1) is 0 Å². The quantitative estimate of drug-likeness (QED) is 0.778. The molecule has 1 aromatic carbocycles. The van der Waals surface area contributed by atoms with E-state index in [2.05, 4.69) is 4.74 Å². The summed E-state index contributed by atoms with van der Waals surface area (Å²) in [6.07, 6.45) is 0.789. The third-order valence-corrected chi connectivity index (χ3v) is 4.09. The molecule has 1 unspecified atom stereocenters. The Bertz CT molecular complexity index is 676. The monoisotopic (exact) mass is 384 g/mol. The molecule has 0 N–H and O–H groups in total. The van der Waals surface area contributed by atoms with Crippen molar-refractivity contribution in [2.45, 2.75) is 58.4 Å². The fourth-order valence-corrected chi connectivity index (χ4v) is 2.99. The maximum atomic E-state index is 12.8. The lowest BCUT2D eigenvalue weighted by Gasteiger charge is -2.30. The summed E-state index contributed by atoms with van der Waals surface area (Å²) in [5, 5.41) is 0. The first-order valence-electron chi connectivity index (χ1n) is 8.85. The summed E-state index contributed by atoms with van der Waals surface area (Å²) in [7, 11) is 1.62. The molecule has 2 rings (SSSR count). The van der Waals surface area contributed by atoms with E-state index < -0.39 is 24.3 Å². The second-order valence-corrected chi connectivity index (χ2v) is 7.55. The van der Waals surface area contributed by atoms with Crippen LogP contribution in [0.1, 0.15) is 39.2 Å². The minimum absolute atomic E-state index is 0.0413. The average Bonchev–Trinajstić information content (AvgIpc) is 3.01. The molecule has 0 aromatic heterocycles. The summed E-state index contributed by atoms with van der Waals surface area (Å²) in [6, 6.07) is 5.64. The van der Waals surface area contributed by atoms with Gasteiger partial charge in [-0.05, 0) is 51.3 Å². The van der Waals surface area contributed by atoms with Crippen LogP contribution in [0.2, 0.25) is 0 Å². The Labute approximate surface area is 158 Å². The number of amides is 2. The van der Waals surface area contributed by atoms with Crippen molar-refractivity contribution in [3.8, 4) is 5.75 Å². The molecule has 27 heavy (non-hydrogen) atoms. The van der Waals surface area contributed by atoms with E-state index in [1.807, 2.05) is 0 Å². The third kappa shape index (κ3) is 6.08. The molecule has 1 aliphatic heterocycles. The van der Waals surface area contributed by atoms with Gasteiger partial charge in [-0.25, -0.2) is 4.79 Å². The van der Waals surface area contributed by atoms with Crippen LogP contribution in [0, 0.1) is 0 Å². The molecule has 0 saturated carbocycles. The fourth-order valence-electron chi connectivity index (χ4n) is 2.99. The topological polar surface area (TPSA) is 59.1 Å². The van der Waals surface area contributed by atoms with Gasteiger partial charge in [0.05, 0.1) is 0 Å². The number of rotatable bonds is 5. The molecule has 1 aliphatic rings. The van der Waals surface area contributed by atoms with E-state index in [1.54, 1.807) is 40.0 Å². The van der Waals surface area contributed by atoms with Crippen molar-refractivity contribution in [2.75, 3.05) is 13.6 Å². The van der Waals surface area contributed by atoms with Gasteiger partial charge in [0.1, 0.15) is 17.4 Å². The van der Waals surface area contributed by atoms with Crippen molar-refractivity contribution in [1.82, 2.24) is 9.80 Å². The van der Waals surface area contributed by atoms with Crippen molar-refractivity contribution in [3.05, 3.63) is 29.8 Å². The minimum Gasteiger partial charge on any atom is -0.444 e. The second kappa shape index (κ2) is 8.54. The molecular weight excluding hydrogens is 358 g/mol. The first kappa shape index (κ1) is 20.9. The van der Waals surface area contributed by atoms with Gasteiger partial charge < -0.3 is 14.4 Å². The van der Waals surface area contributed by atoms with E-state index in [0.29, 0.717) is 18.5 Å². The van der Waals surface area contributed by atoms with Crippen LogP contribution in [-0.4, -0.2) is 53.6 Å². The normalized spacial score (nSPS) is 17.1. The Morgan fingerprint density at radius 3 is 2.67 bits per heavy atom. The Hall–Kier alpha value is -2.38. The van der Waals surface area contributed by atoms with E-state index in [4.69, 9.17) is 4.74 Å². The Kier molecular flexibility index (Phi) is 6.62. The van der Waals surface area contributed by atoms with Crippen molar-refractivity contribution >= 4 is 12.0 Å². The Morgan fingerprint density at radius 1 is 1.33 bits per heavy atom. The van der Waals surface area contributed by atoms with Crippen LogP contribution in [0.4, 0.5) is 13.6 Å². The van der Waals surface area contributed by atoms with Crippen molar-refractivity contribution in [3.63, 3.8) is 0 Å². The van der Waals surface area contributed by atoms with Crippen LogP contribution < -0.4 is 4.74 Å². The summed E-state index contributed by atoms with van der Waals surface area (Å²) < 4.78 is 34.5. The van der Waals surface area contributed by atoms with E-state index in [9.17, 15) is 18.4 Å². The maximum Gasteiger partial charge on any atom is 0.410 e. The number of alkyl halides is 2. The van der Waals surface area contributed by atoms with Crippen LogP contribution in [0.5, 0.6) is 5.75 Å². The zero-order valence-corrected chi connectivity index (χ0v) is 16.1. The molecule has 0 radical (unpaired) electrons. The van der Waals surface area contributed by atoms with Gasteiger partial charge in [0.25, 0.3) is 0 Å². The van der Waals surface area contributed by atoms with E-state index in [0.717, 1.165) is 6.42 Å². The number of nitrogens with zero attached hydrogens (tertiary/aromatic N) is 2. The number of ether oxygens (including phenoxy) is 2. The molecule has 1 fully saturated rings. The predicted octanol–water partition coefficient (Wildman–Crippen LogP) is 3.65. The van der Waals surface area contributed by atoms with Gasteiger partial charge in [0.15, 0.2) is 0 Å². The number of hydrogen-bond acceptors (Lipinski definition) is 4. The Morgan fingerprint density at radius 2 is 2.04 bits per heavy atom. The molecular formula is C19H26F2N2O4. The van der Waals surface area contributed by atoms with Crippen LogP contribution in [0.25, 0.3) is 0 Å². The average molecular weight is 384 g/mol. The molecule has 0 spiro atoms. The van der Waals surface area contributed by atoms with E-state index in [1.165, 1.54) is 21.9 Å². The molecule has 2 amide bonds. The van der Waals surface area contributed by atoms with Crippen LogP contribution >= 0.6 is 0 Å². The van der Waals surface area contributed by atoms with Crippen LogP contribution in [-0.2, 0) is 16.1 Å². The van der Waals surface area contributed by atoms with Gasteiger partial charge in [-0.1, -0.05) is 12.1 Å². The Balaban J connectivity index is 2.02. The number of halogens is 2. The minimum atomic E-state index is -2.90. The summed E-state index contributed by atoms with van der Waals surface area (Å²) in [6.45, 7) is 3.12. The number of hydrogen-bond donors (Lipinski definition) is 0. The highest BCUT2D eigenvalue weighted by Crippen LogP contribution is 2.23. The van der Waals surface area contributed by atoms with Crippen LogP contribution in [0.3, 0.4) is 0 Å². The van der Waals surface area contributed by atoms with Gasteiger partial charge >= 0.3 is 12.7 Å². The summed E-state index contributed by atoms with van der Waals surface area (Å²) in [4.78, 5) is 28.1. The van der Waals surface area contributed by atoms with Gasteiger partial charge in [0, 0.05) is 20.1 Å². The molecule has 8 heteroatoms. The molecule has 1 saturated heterocycles. The first-order chi connectivity index (χ1) is 12.6. The lowest BCUT2D eigenvalue weighted by atomic mass is 10.1. The zero-order valence-electron chi connectivity index (χ0n) is 16.1. The molecule has 0 bridgehead atoms. The van der Waals surface area contributed by atoms with Crippen LogP contribution in [0.15, 0.2) is 24.3 Å². The largest absolute Gasteiger partial charge is 0.444 e. The highest BCUT2D eigenvalue weighted by molar-refractivity contribution is 5.86. The highest BCUT2D eigenvalue weighted by Gasteiger charge is 2.37. The molecule has 1 heterocycles. The molecule has 0 aliphatic carbocycles. The number of likely N-dealkylation sites (tertiary alicyclic amines) is 1. The SMILES string of the molecule is CN(Cc1cccc(OC(F)F)c1)C(=O)C1CCCN1C(=O)OC(C)(C)C. The zero-order chi connectivity index (χ0) is 20.2. The molecule has 1 aromatic rings. The lowest BCUT2D eigenvalue weighted by molar-refractivity contribution is -0.135. The number of carbonyl (C=O) groups excluding carboxylic acids is 2. The summed E-state index contributed by atoms with van der Waals surface area (Å²) >= 11 is 0. The second-order valence-electron chi connectivity index (χ2n) is 7.55. The number of likely N-dealkylation sites (N-methyl/N-ethyl adjacent to an activating group) is 1. The predicted molar refractivity (Wildman–Crippen MR) is 95.5 cm³/mol. The number of carbonyl (C=O) groups is 2. The third-order valence-electron chi connectivity index (χ3n) is 4.09. The lowest BCUT2D eigenvalue weighted by Crippen LogP contribution is -2.47. The van der Waals surface area contributed by atoms with Gasteiger partial charge in [0.2, 0.25) is 5.91 Å². The first-order valence-corrected chi connectivity index (χ1v) is 8.85. The van der Waals surface area contributed by atoms with E-state index in [-0.39, 0.29) is 18.2 Å². The fraction of sp³-hybridized carbons (Fsp3) is 0.579. The van der Waals surface area contributed by atoms with Gasteiger partial charge in [-0.2, -0.15) is 8.78 Å². The summed E-state index contributed by atoms with van der Waals surface area (Å²) in [5.41, 5.74) is 0.0236. The van der Waals surface area contributed by atoms with Crippen molar-refractivity contribution < 1.29 is 27.8 Å². The molecule has 150 valence electrons. The van der Waals surface area contributed by atoms with Crippen molar-refractivity contribution in [1.29, 1.82) is 0 Å². The van der Waals surface area contributed by atoms with Crippen molar-refractivity contribution in [2.24, 2.45) is 0 Å². The van der Waals surface area contributed by atoms with E-state index >= 15 is 0 Å². The standard InChI is InChI=1S/C19H26F2N2O4/c1-19(2,3)27-18(25)23-10-6-9-15(23)16(24)22(4)12-13-7-5-8-14(11-13)26-17(20)21/h5,7-8,11,15,17H,6,9-10,12H2,1-4H3. The smallest absolute Gasteiger partial charge is 0.410 e. The molecule has 6 nitrogen and oxygen atoms in total. The highest BCUT2D eigenvalue weighted by atomic mass is 19.3. The summed E-state index contributed by atoms with van der Waals surface area (Å²) in [5.74, 6) is -0.168. The molecule has 1 atom stereocenters. The van der Waals surface area contributed by atoms with Gasteiger partial charge in [-0.3, -0.25) is 9.69 Å². The number of benzene rings is 1. The maximum absolute atomic E-state index is 12.8.